The summed E-state index contributed by atoms with van der Waals surface area (Å²) in [6.45, 7) is 3.78. The van der Waals surface area contributed by atoms with Crippen LogP contribution in [0.5, 0.6) is 0 Å². The third-order valence-corrected chi connectivity index (χ3v) is 7.70. The molecule has 2 aromatic rings. The number of benzene rings is 1. The predicted octanol–water partition coefficient (Wildman–Crippen LogP) is 3.19. The molecule has 35 heavy (non-hydrogen) atoms. The van der Waals surface area contributed by atoms with Crippen molar-refractivity contribution < 1.29 is 13.2 Å². The number of fused-ring (bicyclic) bond motifs is 1. The molecule has 9 nitrogen and oxygen atoms in total. The summed E-state index contributed by atoms with van der Waals surface area (Å²) in [5, 5.41) is 7.21. The summed E-state index contributed by atoms with van der Waals surface area (Å²) < 4.78 is 30.9. The van der Waals surface area contributed by atoms with Gasteiger partial charge in [0, 0.05) is 44.5 Å². The number of hydrogen-bond acceptors (Lipinski definition) is 8. The van der Waals surface area contributed by atoms with Gasteiger partial charge in [0.25, 0.3) is 0 Å². The van der Waals surface area contributed by atoms with E-state index < -0.39 is 10.0 Å². The van der Waals surface area contributed by atoms with Crippen LogP contribution in [0.1, 0.15) is 36.8 Å². The van der Waals surface area contributed by atoms with E-state index in [1.54, 1.807) is 13.3 Å². The van der Waals surface area contributed by atoms with Crippen LogP contribution in [0.15, 0.2) is 24.4 Å². The maximum atomic E-state index is 11.5. The van der Waals surface area contributed by atoms with Crippen molar-refractivity contribution in [3.05, 3.63) is 40.5 Å². The van der Waals surface area contributed by atoms with Crippen molar-refractivity contribution in [2.75, 3.05) is 50.2 Å². The summed E-state index contributed by atoms with van der Waals surface area (Å²) in [5.74, 6) is 1.08. The monoisotopic (exact) mass is 522 g/mol. The molecule has 2 heterocycles. The SMILES string of the molecule is COCCN1CCc2ccc(Nc3ncc(Cl)c(N[C@H]4CC[C@@H](NS(C)(=O)=O)CC4)n3)cc2CC1. The Hall–Kier alpha value is -1.98. The Bertz CT molecular complexity index is 1110. The van der Waals surface area contributed by atoms with Crippen LogP contribution in [0, 0.1) is 0 Å². The number of nitrogens with zero attached hydrogens (tertiary/aromatic N) is 3. The van der Waals surface area contributed by atoms with Gasteiger partial charge in [-0.3, -0.25) is 0 Å². The standard InChI is InChI=1S/C24H35ClN6O3S/c1-34-14-13-31-11-9-17-3-4-21(15-18(17)10-12-31)28-24-26-16-22(25)23(29-24)27-19-5-7-20(8-6-19)30-35(2,32)33/h3-4,15-16,19-20,30H,5-14H2,1-2H3,(H2,26,27,28,29)/t19-,20+. The summed E-state index contributed by atoms with van der Waals surface area (Å²) in [6.07, 6.45) is 8.06. The van der Waals surface area contributed by atoms with Gasteiger partial charge in [0.15, 0.2) is 5.82 Å². The molecule has 0 radical (unpaired) electrons. The van der Waals surface area contributed by atoms with Gasteiger partial charge in [0.1, 0.15) is 5.02 Å². The van der Waals surface area contributed by atoms with Gasteiger partial charge in [0.05, 0.1) is 19.1 Å². The van der Waals surface area contributed by atoms with E-state index in [-0.39, 0.29) is 12.1 Å². The molecule has 1 aliphatic carbocycles. The van der Waals surface area contributed by atoms with Crippen LogP contribution in [0.4, 0.5) is 17.5 Å². The molecule has 1 saturated carbocycles. The summed E-state index contributed by atoms with van der Waals surface area (Å²) in [4.78, 5) is 11.4. The lowest BCUT2D eigenvalue weighted by Crippen LogP contribution is -2.39. The number of methoxy groups -OCH3 is 1. The highest BCUT2D eigenvalue weighted by atomic mass is 35.5. The molecular formula is C24H35ClN6O3S. The molecule has 2 aliphatic rings. The number of aromatic nitrogens is 2. The minimum absolute atomic E-state index is 0.0126. The van der Waals surface area contributed by atoms with E-state index in [1.807, 2.05) is 0 Å². The predicted molar refractivity (Wildman–Crippen MR) is 140 cm³/mol. The van der Waals surface area contributed by atoms with Crippen molar-refractivity contribution >= 4 is 39.1 Å². The van der Waals surface area contributed by atoms with Gasteiger partial charge in [-0.1, -0.05) is 17.7 Å². The Balaban J connectivity index is 1.36. The molecule has 0 saturated heterocycles. The normalized spacial score (nSPS) is 21.2. The highest BCUT2D eigenvalue weighted by Gasteiger charge is 2.24. The third kappa shape index (κ3) is 7.75. The molecule has 0 unspecified atom stereocenters. The fourth-order valence-electron chi connectivity index (χ4n) is 4.80. The van der Waals surface area contributed by atoms with E-state index in [0.717, 1.165) is 70.5 Å². The minimum atomic E-state index is -3.18. The lowest BCUT2D eigenvalue weighted by molar-refractivity contribution is 0.150. The molecule has 1 aromatic carbocycles. The molecule has 4 rings (SSSR count). The third-order valence-electron chi connectivity index (χ3n) is 6.66. The van der Waals surface area contributed by atoms with Crippen LogP contribution in [0.25, 0.3) is 0 Å². The molecule has 1 fully saturated rings. The second-order valence-electron chi connectivity index (χ2n) is 9.42. The smallest absolute Gasteiger partial charge is 0.229 e. The number of nitrogens with one attached hydrogen (secondary N) is 3. The number of anilines is 3. The van der Waals surface area contributed by atoms with Crippen molar-refractivity contribution in [2.24, 2.45) is 0 Å². The van der Waals surface area contributed by atoms with E-state index in [4.69, 9.17) is 16.3 Å². The molecule has 0 amide bonds. The number of ether oxygens (including phenoxy) is 1. The van der Waals surface area contributed by atoms with E-state index >= 15 is 0 Å². The summed E-state index contributed by atoms with van der Waals surface area (Å²) in [7, 11) is -1.44. The van der Waals surface area contributed by atoms with E-state index in [2.05, 4.69) is 48.4 Å². The fourth-order valence-corrected chi connectivity index (χ4v) is 5.79. The van der Waals surface area contributed by atoms with E-state index in [1.165, 1.54) is 17.4 Å². The molecule has 192 valence electrons. The van der Waals surface area contributed by atoms with Gasteiger partial charge in [-0.2, -0.15) is 4.98 Å². The van der Waals surface area contributed by atoms with Gasteiger partial charge < -0.3 is 20.3 Å². The van der Waals surface area contributed by atoms with Gasteiger partial charge >= 0.3 is 0 Å². The van der Waals surface area contributed by atoms with Gasteiger partial charge in [-0.15, -0.1) is 0 Å². The second kappa shape index (κ2) is 11.8. The first-order valence-electron chi connectivity index (χ1n) is 12.2. The number of rotatable bonds is 9. The highest BCUT2D eigenvalue weighted by Crippen LogP contribution is 2.28. The Morgan fingerprint density at radius 2 is 1.83 bits per heavy atom. The largest absolute Gasteiger partial charge is 0.383 e. The zero-order valence-electron chi connectivity index (χ0n) is 20.4. The van der Waals surface area contributed by atoms with Crippen molar-refractivity contribution in [3.63, 3.8) is 0 Å². The quantitative estimate of drug-likeness (QED) is 0.461. The molecule has 1 aliphatic heterocycles. The first-order valence-corrected chi connectivity index (χ1v) is 14.4. The number of halogens is 1. The minimum Gasteiger partial charge on any atom is -0.383 e. The number of sulfonamides is 1. The van der Waals surface area contributed by atoms with Crippen molar-refractivity contribution in [2.45, 2.75) is 50.6 Å². The second-order valence-corrected chi connectivity index (χ2v) is 11.6. The van der Waals surface area contributed by atoms with E-state index in [0.29, 0.717) is 16.8 Å². The molecule has 3 N–H and O–H groups in total. The lowest BCUT2D eigenvalue weighted by atomic mass is 9.92. The topological polar surface area (TPSA) is 108 Å². The van der Waals surface area contributed by atoms with Crippen molar-refractivity contribution in [1.82, 2.24) is 19.6 Å². The van der Waals surface area contributed by atoms with Gasteiger partial charge in [-0.05, 0) is 61.8 Å². The molecular weight excluding hydrogens is 488 g/mol. The average Bonchev–Trinajstić information content (AvgIpc) is 3.02. The highest BCUT2D eigenvalue weighted by molar-refractivity contribution is 7.88. The maximum absolute atomic E-state index is 11.5. The first-order chi connectivity index (χ1) is 16.8. The maximum Gasteiger partial charge on any atom is 0.229 e. The Morgan fingerprint density at radius 1 is 1.11 bits per heavy atom. The average molecular weight is 523 g/mol. The Kier molecular flexibility index (Phi) is 8.82. The molecule has 0 atom stereocenters. The van der Waals surface area contributed by atoms with Gasteiger partial charge in [-0.25, -0.2) is 18.1 Å². The Morgan fingerprint density at radius 3 is 2.54 bits per heavy atom. The zero-order valence-corrected chi connectivity index (χ0v) is 22.0. The molecule has 0 bridgehead atoms. The lowest BCUT2D eigenvalue weighted by Gasteiger charge is -2.29. The summed E-state index contributed by atoms with van der Waals surface area (Å²) >= 11 is 6.38. The van der Waals surface area contributed by atoms with E-state index in [9.17, 15) is 8.42 Å². The van der Waals surface area contributed by atoms with Crippen LogP contribution in [-0.2, 0) is 27.6 Å². The van der Waals surface area contributed by atoms with Crippen molar-refractivity contribution in [3.8, 4) is 0 Å². The van der Waals surface area contributed by atoms with Crippen LogP contribution in [0.3, 0.4) is 0 Å². The van der Waals surface area contributed by atoms with Crippen LogP contribution in [-0.4, -0.2) is 75.0 Å². The summed E-state index contributed by atoms with van der Waals surface area (Å²) in [6, 6.07) is 6.62. The summed E-state index contributed by atoms with van der Waals surface area (Å²) in [5.41, 5.74) is 3.69. The van der Waals surface area contributed by atoms with Crippen LogP contribution in [0.2, 0.25) is 5.02 Å². The molecule has 0 spiro atoms. The first kappa shape index (κ1) is 26.1. The van der Waals surface area contributed by atoms with Crippen LogP contribution < -0.4 is 15.4 Å². The number of hydrogen-bond donors (Lipinski definition) is 3. The Labute approximate surface area is 213 Å². The van der Waals surface area contributed by atoms with Crippen molar-refractivity contribution in [1.29, 1.82) is 0 Å². The fraction of sp³-hybridized carbons (Fsp3) is 0.583. The molecule has 1 aromatic heterocycles. The van der Waals surface area contributed by atoms with Crippen LogP contribution >= 0.6 is 11.6 Å². The van der Waals surface area contributed by atoms with Gasteiger partial charge in [0.2, 0.25) is 16.0 Å². The molecule has 11 heteroatoms. The zero-order chi connectivity index (χ0) is 24.8.